The third-order valence-corrected chi connectivity index (χ3v) is 3.18. The zero-order chi connectivity index (χ0) is 10.7. The first-order chi connectivity index (χ1) is 7.27. The minimum Gasteiger partial charge on any atom is -0.340 e. The van der Waals surface area contributed by atoms with E-state index >= 15 is 0 Å². The van der Waals surface area contributed by atoms with Gasteiger partial charge in [0.1, 0.15) is 0 Å². The maximum atomic E-state index is 5.09. The van der Waals surface area contributed by atoms with Gasteiger partial charge in [0.25, 0.3) is 0 Å². The van der Waals surface area contributed by atoms with Crippen molar-refractivity contribution >= 4 is 0 Å². The first-order valence-electron chi connectivity index (χ1n) is 5.83. The molecule has 84 valence electrons. The second kappa shape index (κ2) is 4.31. The molecule has 1 aromatic heterocycles. The molecule has 15 heavy (non-hydrogen) atoms. The molecule has 0 spiro atoms. The zero-order valence-electron chi connectivity index (χ0n) is 9.55. The van der Waals surface area contributed by atoms with Crippen LogP contribution in [0.1, 0.15) is 50.7 Å². The van der Waals surface area contributed by atoms with Crippen molar-refractivity contribution in [3.63, 3.8) is 0 Å². The van der Waals surface area contributed by atoms with Crippen LogP contribution in [0.2, 0.25) is 0 Å². The van der Waals surface area contributed by atoms with E-state index in [1.807, 2.05) is 6.92 Å². The maximum Gasteiger partial charge on any atom is 0.223 e. The van der Waals surface area contributed by atoms with E-state index in [9.17, 15) is 0 Å². The summed E-state index contributed by atoms with van der Waals surface area (Å²) in [5.74, 6) is 1.51. The molecule has 1 heterocycles. The summed E-state index contributed by atoms with van der Waals surface area (Å²) in [7, 11) is 0. The van der Waals surface area contributed by atoms with E-state index in [1.165, 1.54) is 19.3 Å². The lowest BCUT2D eigenvalue weighted by Crippen LogP contribution is -2.44. The zero-order valence-corrected chi connectivity index (χ0v) is 9.55. The van der Waals surface area contributed by atoms with Crippen molar-refractivity contribution in [3.8, 4) is 0 Å². The lowest BCUT2D eigenvalue weighted by molar-refractivity contribution is 0.217. The summed E-state index contributed by atoms with van der Waals surface area (Å²) in [6.45, 7) is 4.93. The monoisotopic (exact) mass is 209 g/mol. The molecule has 1 aliphatic rings. The summed E-state index contributed by atoms with van der Waals surface area (Å²) in [5, 5.41) is 7.62. The van der Waals surface area contributed by atoms with Crippen LogP contribution in [0.15, 0.2) is 4.52 Å². The van der Waals surface area contributed by atoms with Crippen LogP contribution in [-0.4, -0.2) is 16.7 Å². The lowest BCUT2D eigenvalue weighted by atomic mass is 9.81. The van der Waals surface area contributed by atoms with E-state index in [1.54, 1.807) is 0 Å². The largest absolute Gasteiger partial charge is 0.340 e. The molecule has 0 saturated heterocycles. The predicted octanol–water partition coefficient (Wildman–Crippen LogP) is 2.15. The molecule has 1 aromatic rings. The van der Waals surface area contributed by atoms with Crippen LogP contribution in [0.25, 0.3) is 0 Å². The fourth-order valence-electron chi connectivity index (χ4n) is 2.47. The van der Waals surface area contributed by atoms with Gasteiger partial charge in [-0.1, -0.05) is 31.3 Å². The van der Waals surface area contributed by atoms with Crippen LogP contribution in [0, 0.1) is 6.92 Å². The average molecular weight is 209 g/mol. The Hall–Kier alpha value is -0.900. The van der Waals surface area contributed by atoms with Crippen LogP contribution in [-0.2, 0) is 5.54 Å². The van der Waals surface area contributed by atoms with Gasteiger partial charge in [-0.3, -0.25) is 0 Å². The lowest BCUT2D eigenvalue weighted by Gasteiger charge is -2.35. The maximum absolute atomic E-state index is 5.09. The van der Waals surface area contributed by atoms with Gasteiger partial charge in [-0.05, 0) is 19.4 Å². The highest BCUT2D eigenvalue weighted by Gasteiger charge is 2.37. The van der Waals surface area contributed by atoms with E-state index in [-0.39, 0.29) is 5.54 Å². The van der Waals surface area contributed by atoms with Crippen molar-refractivity contribution in [2.24, 2.45) is 0 Å². The van der Waals surface area contributed by atoms with Gasteiger partial charge in [-0.15, -0.1) is 0 Å². The Bertz CT molecular complexity index is 310. The second-order valence-electron chi connectivity index (χ2n) is 4.31. The Kier molecular flexibility index (Phi) is 3.05. The molecule has 1 N–H and O–H groups in total. The number of aromatic nitrogens is 2. The quantitative estimate of drug-likeness (QED) is 0.828. The van der Waals surface area contributed by atoms with E-state index < -0.39 is 0 Å². The first kappa shape index (κ1) is 10.6. The highest BCUT2D eigenvalue weighted by Crippen LogP contribution is 2.35. The minimum atomic E-state index is -0.0231. The van der Waals surface area contributed by atoms with Crippen molar-refractivity contribution in [2.45, 2.75) is 51.5 Å². The number of hydrogen-bond donors (Lipinski definition) is 1. The smallest absolute Gasteiger partial charge is 0.223 e. The molecule has 0 radical (unpaired) electrons. The highest BCUT2D eigenvalue weighted by atomic mass is 16.5. The molecular formula is C11H19N3O. The summed E-state index contributed by atoms with van der Waals surface area (Å²) >= 11 is 0. The van der Waals surface area contributed by atoms with Gasteiger partial charge in [-0.2, -0.15) is 4.98 Å². The molecule has 0 aromatic carbocycles. The summed E-state index contributed by atoms with van der Waals surface area (Å²) < 4.78 is 5.09. The third kappa shape index (κ3) is 2.04. The van der Waals surface area contributed by atoms with Gasteiger partial charge in [0.05, 0.1) is 5.54 Å². The summed E-state index contributed by atoms with van der Waals surface area (Å²) in [6.07, 6.45) is 6.07. The highest BCUT2D eigenvalue weighted by molar-refractivity contribution is 5.06. The number of nitrogens with one attached hydrogen (secondary N) is 1. The summed E-state index contributed by atoms with van der Waals surface area (Å²) in [4.78, 5) is 4.38. The fourth-order valence-corrected chi connectivity index (χ4v) is 2.47. The molecule has 1 fully saturated rings. The van der Waals surface area contributed by atoms with Gasteiger partial charge in [0.15, 0.2) is 5.82 Å². The molecule has 0 aliphatic heterocycles. The molecule has 0 unspecified atom stereocenters. The predicted molar refractivity (Wildman–Crippen MR) is 57.5 cm³/mol. The molecule has 1 aliphatic carbocycles. The van der Waals surface area contributed by atoms with Crippen molar-refractivity contribution in [1.29, 1.82) is 0 Å². The number of aryl methyl sites for hydroxylation is 1. The SMILES string of the molecule is CCNC1(c2noc(C)n2)CCCCC1. The van der Waals surface area contributed by atoms with Gasteiger partial charge < -0.3 is 9.84 Å². The van der Waals surface area contributed by atoms with Gasteiger partial charge in [0, 0.05) is 6.92 Å². The van der Waals surface area contributed by atoms with Crippen LogP contribution >= 0.6 is 0 Å². The van der Waals surface area contributed by atoms with Crippen LogP contribution in [0.3, 0.4) is 0 Å². The van der Waals surface area contributed by atoms with Gasteiger partial charge in [-0.25, -0.2) is 0 Å². The molecule has 1 saturated carbocycles. The Labute approximate surface area is 90.4 Å². The summed E-state index contributed by atoms with van der Waals surface area (Å²) in [5.41, 5.74) is -0.0231. The van der Waals surface area contributed by atoms with Crippen LogP contribution in [0.4, 0.5) is 0 Å². The molecule has 4 nitrogen and oxygen atoms in total. The standard InChI is InChI=1S/C11H19N3O/c1-3-12-11(7-5-4-6-8-11)10-13-9(2)15-14-10/h12H,3-8H2,1-2H3. The number of nitrogens with zero attached hydrogens (tertiary/aromatic N) is 2. The fraction of sp³-hybridized carbons (Fsp3) is 0.818. The molecule has 4 heteroatoms. The number of rotatable bonds is 3. The Balaban J connectivity index is 2.24. The third-order valence-electron chi connectivity index (χ3n) is 3.18. The average Bonchev–Trinajstić information content (AvgIpc) is 2.67. The summed E-state index contributed by atoms with van der Waals surface area (Å²) in [6, 6.07) is 0. The van der Waals surface area contributed by atoms with E-state index in [0.29, 0.717) is 5.89 Å². The van der Waals surface area contributed by atoms with E-state index in [4.69, 9.17) is 4.52 Å². The van der Waals surface area contributed by atoms with Crippen molar-refractivity contribution in [1.82, 2.24) is 15.5 Å². The van der Waals surface area contributed by atoms with Crippen molar-refractivity contribution in [3.05, 3.63) is 11.7 Å². The van der Waals surface area contributed by atoms with Gasteiger partial charge in [0.2, 0.25) is 5.89 Å². The van der Waals surface area contributed by atoms with Crippen molar-refractivity contribution < 1.29 is 4.52 Å². The number of hydrogen-bond acceptors (Lipinski definition) is 4. The topological polar surface area (TPSA) is 51.0 Å². The molecule has 0 amide bonds. The normalized spacial score (nSPS) is 20.4. The Morgan fingerprint density at radius 1 is 1.33 bits per heavy atom. The Morgan fingerprint density at radius 2 is 2.07 bits per heavy atom. The molecular weight excluding hydrogens is 190 g/mol. The molecule has 0 atom stereocenters. The van der Waals surface area contributed by atoms with Gasteiger partial charge >= 0.3 is 0 Å². The van der Waals surface area contributed by atoms with Crippen molar-refractivity contribution in [2.75, 3.05) is 6.54 Å². The van der Waals surface area contributed by atoms with E-state index in [0.717, 1.165) is 25.2 Å². The minimum absolute atomic E-state index is 0.0231. The second-order valence-corrected chi connectivity index (χ2v) is 4.31. The van der Waals surface area contributed by atoms with E-state index in [2.05, 4.69) is 22.4 Å². The molecule has 0 bridgehead atoms. The van der Waals surface area contributed by atoms with Crippen LogP contribution in [0.5, 0.6) is 0 Å². The first-order valence-corrected chi connectivity index (χ1v) is 5.83. The Morgan fingerprint density at radius 3 is 2.60 bits per heavy atom. The molecule has 2 rings (SSSR count). The van der Waals surface area contributed by atoms with Crippen LogP contribution < -0.4 is 5.32 Å².